The summed E-state index contributed by atoms with van der Waals surface area (Å²) in [4.78, 5) is 19.9. The van der Waals surface area contributed by atoms with Crippen molar-refractivity contribution in [2.45, 2.75) is 20.4 Å². The third kappa shape index (κ3) is 3.76. The summed E-state index contributed by atoms with van der Waals surface area (Å²) >= 11 is 0. The molecule has 2 aromatic heterocycles. The van der Waals surface area contributed by atoms with Crippen LogP contribution in [0.5, 0.6) is 0 Å². The van der Waals surface area contributed by atoms with E-state index in [1.165, 1.54) is 0 Å². The first kappa shape index (κ1) is 15.7. The molecule has 0 spiro atoms. The lowest BCUT2D eigenvalue weighted by Crippen LogP contribution is -2.46. The second kappa shape index (κ2) is 6.49. The molecule has 8 nitrogen and oxygen atoms in total. The fourth-order valence-electron chi connectivity index (χ4n) is 2.63. The van der Waals surface area contributed by atoms with E-state index >= 15 is 0 Å². The van der Waals surface area contributed by atoms with Crippen molar-refractivity contribution in [3.8, 4) is 0 Å². The van der Waals surface area contributed by atoms with Crippen LogP contribution in [0.3, 0.4) is 0 Å². The normalized spacial score (nSPS) is 15.9. The molecule has 23 heavy (non-hydrogen) atoms. The fraction of sp³-hybridized carbons (Fsp3) is 0.600. The van der Waals surface area contributed by atoms with Crippen LogP contribution in [0.1, 0.15) is 17.4 Å². The molecule has 0 N–H and O–H groups in total. The zero-order valence-electron chi connectivity index (χ0n) is 14.2. The van der Waals surface area contributed by atoms with Gasteiger partial charge in [-0.25, -0.2) is 4.98 Å². The first-order valence-electron chi connectivity index (χ1n) is 7.81. The van der Waals surface area contributed by atoms with Crippen LogP contribution in [-0.4, -0.2) is 65.3 Å². The van der Waals surface area contributed by atoms with Gasteiger partial charge in [-0.2, -0.15) is 9.97 Å². The van der Waals surface area contributed by atoms with E-state index in [1.54, 1.807) is 0 Å². The molecule has 3 rings (SSSR count). The van der Waals surface area contributed by atoms with Gasteiger partial charge in [-0.05, 0) is 13.8 Å². The minimum Gasteiger partial charge on any atom is -0.354 e. The number of piperazine rings is 1. The van der Waals surface area contributed by atoms with E-state index in [1.807, 2.05) is 38.9 Å². The van der Waals surface area contributed by atoms with Crippen LogP contribution in [0.15, 0.2) is 10.6 Å². The Labute approximate surface area is 136 Å². The Balaban J connectivity index is 1.62. The van der Waals surface area contributed by atoms with E-state index in [2.05, 4.69) is 29.9 Å². The number of nitrogens with zero attached hydrogens (tertiary/aromatic N) is 7. The van der Waals surface area contributed by atoms with Crippen LogP contribution >= 0.6 is 0 Å². The second-order valence-electron chi connectivity index (χ2n) is 6.06. The standard InChI is InChI=1S/C15H23N7O/c1-11-9-13(18-15(16-11)20(3)4)22-7-5-21(6-8-22)10-14-17-12(2)19-23-14/h9H,5-8,10H2,1-4H3. The number of aryl methyl sites for hydroxylation is 2. The van der Waals surface area contributed by atoms with Crippen molar-refractivity contribution in [3.63, 3.8) is 0 Å². The summed E-state index contributed by atoms with van der Waals surface area (Å²) < 4.78 is 5.19. The molecule has 8 heteroatoms. The Bertz CT molecular complexity index is 662. The zero-order valence-corrected chi connectivity index (χ0v) is 14.2. The average Bonchev–Trinajstić information content (AvgIpc) is 2.92. The maximum Gasteiger partial charge on any atom is 0.240 e. The topological polar surface area (TPSA) is 74.4 Å². The molecule has 0 saturated carbocycles. The lowest BCUT2D eigenvalue weighted by Gasteiger charge is -2.35. The molecule has 0 aromatic carbocycles. The SMILES string of the molecule is Cc1cc(N2CCN(Cc3nc(C)no3)CC2)nc(N(C)C)n1. The van der Waals surface area contributed by atoms with Crippen LogP contribution in [-0.2, 0) is 6.54 Å². The van der Waals surface area contributed by atoms with Crippen molar-refractivity contribution >= 4 is 11.8 Å². The van der Waals surface area contributed by atoms with Crippen LogP contribution < -0.4 is 9.80 Å². The highest BCUT2D eigenvalue weighted by Gasteiger charge is 2.20. The van der Waals surface area contributed by atoms with Crippen molar-refractivity contribution in [2.75, 3.05) is 50.1 Å². The summed E-state index contributed by atoms with van der Waals surface area (Å²) in [6.07, 6.45) is 0. The van der Waals surface area contributed by atoms with Gasteiger partial charge in [-0.15, -0.1) is 0 Å². The number of anilines is 2. The summed E-state index contributed by atoms with van der Waals surface area (Å²) in [6.45, 7) is 8.30. The molecular formula is C15H23N7O. The number of hydrogen-bond donors (Lipinski definition) is 0. The smallest absolute Gasteiger partial charge is 0.240 e. The largest absolute Gasteiger partial charge is 0.354 e. The predicted molar refractivity (Wildman–Crippen MR) is 87.6 cm³/mol. The van der Waals surface area contributed by atoms with Crippen molar-refractivity contribution in [1.82, 2.24) is 25.0 Å². The van der Waals surface area contributed by atoms with E-state index in [-0.39, 0.29) is 0 Å². The maximum atomic E-state index is 5.19. The Morgan fingerprint density at radius 2 is 1.83 bits per heavy atom. The Hall–Kier alpha value is -2.22. The summed E-state index contributed by atoms with van der Waals surface area (Å²) in [5.41, 5.74) is 0.988. The molecule has 1 saturated heterocycles. The first-order chi connectivity index (χ1) is 11.0. The van der Waals surface area contributed by atoms with Crippen LogP contribution in [0.25, 0.3) is 0 Å². The van der Waals surface area contributed by atoms with Crippen molar-refractivity contribution in [3.05, 3.63) is 23.5 Å². The molecule has 0 bridgehead atoms. The lowest BCUT2D eigenvalue weighted by molar-refractivity contribution is 0.215. The highest BCUT2D eigenvalue weighted by Crippen LogP contribution is 2.18. The first-order valence-corrected chi connectivity index (χ1v) is 7.81. The number of hydrogen-bond acceptors (Lipinski definition) is 8. The van der Waals surface area contributed by atoms with Gasteiger partial charge in [0, 0.05) is 52.0 Å². The summed E-state index contributed by atoms with van der Waals surface area (Å²) in [5.74, 6) is 3.12. The Morgan fingerprint density at radius 3 is 2.43 bits per heavy atom. The summed E-state index contributed by atoms with van der Waals surface area (Å²) in [5, 5.41) is 3.84. The monoisotopic (exact) mass is 317 g/mol. The highest BCUT2D eigenvalue weighted by atomic mass is 16.5. The molecule has 0 radical (unpaired) electrons. The van der Waals surface area contributed by atoms with E-state index in [0.29, 0.717) is 18.3 Å². The summed E-state index contributed by atoms with van der Waals surface area (Å²) in [6, 6.07) is 2.05. The molecule has 0 atom stereocenters. The molecule has 0 aliphatic carbocycles. The van der Waals surface area contributed by atoms with Crippen molar-refractivity contribution in [2.24, 2.45) is 0 Å². The third-order valence-electron chi connectivity index (χ3n) is 3.85. The van der Waals surface area contributed by atoms with Gasteiger partial charge in [0.2, 0.25) is 11.8 Å². The van der Waals surface area contributed by atoms with Gasteiger partial charge in [-0.3, -0.25) is 4.90 Å². The molecule has 0 amide bonds. The van der Waals surface area contributed by atoms with E-state index in [0.717, 1.165) is 43.6 Å². The minimum atomic E-state index is 0.684. The van der Waals surface area contributed by atoms with Gasteiger partial charge in [0.15, 0.2) is 5.82 Å². The quantitative estimate of drug-likeness (QED) is 0.822. The van der Waals surface area contributed by atoms with Gasteiger partial charge in [0.1, 0.15) is 5.82 Å². The highest BCUT2D eigenvalue weighted by molar-refractivity contribution is 5.45. The lowest BCUT2D eigenvalue weighted by atomic mass is 10.3. The second-order valence-corrected chi connectivity index (χ2v) is 6.06. The molecule has 3 heterocycles. The van der Waals surface area contributed by atoms with Crippen molar-refractivity contribution < 1.29 is 4.52 Å². The van der Waals surface area contributed by atoms with E-state index < -0.39 is 0 Å². The summed E-state index contributed by atoms with van der Waals surface area (Å²) in [7, 11) is 3.92. The van der Waals surface area contributed by atoms with Crippen LogP contribution in [0.2, 0.25) is 0 Å². The zero-order chi connectivity index (χ0) is 16.4. The number of aromatic nitrogens is 4. The van der Waals surface area contributed by atoms with Gasteiger partial charge < -0.3 is 14.3 Å². The fourth-order valence-corrected chi connectivity index (χ4v) is 2.63. The van der Waals surface area contributed by atoms with Gasteiger partial charge in [0.25, 0.3) is 0 Å². The van der Waals surface area contributed by atoms with Crippen molar-refractivity contribution in [1.29, 1.82) is 0 Å². The molecule has 0 unspecified atom stereocenters. The minimum absolute atomic E-state index is 0.684. The Morgan fingerprint density at radius 1 is 1.09 bits per heavy atom. The number of rotatable bonds is 4. The predicted octanol–water partition coefficient (Wildman–Crippen LogP) is 0.865. The van der Waals surface area contributed by atoms with Gasteiger partial charge >= 0.3 is 0 Å². The van der Waals surface area contributed by atoms with E-state index in [9.17, 15) is 0 Å². The molecule has 2 aromatic rings. The Kier molecular flexibility index (Phi) is 4.42. The van der Waals surface area contributed by atoms with Gasteiger partial charge in [-0.1, -0.05) is 5.16 Å². The van der Waals surface area contributed by atoms with E-state index in [4.69, 9.17) is 4.52 Å². The molecule has 124 valence electrons. The van der Waals surface area contributed by atoms with Crippen LogP contribution in [0.4, 0.5) is 11.8 Å². The van der Waals surface area contributed by atoms with Crippen LogP contribution in [0, 0.1) is 13.8 Å². The maximum absolute atomic E-state index is 5.19. The van der Waals surface area contributed by atoms with Gasteiger partial charge in [0.05, 0.1) is 6.54 Å². The molecular weight excluding hydrogens is 294 g/mol. The third-order valence-corrected chi connectivity index (χ3v) is 3.85. The molecule has 1 aliphatic heterocycles. The average molecular weight is 317 g/mol. The molecule has 1 fully saturated rings. The molecule has 1 aliphatic rings.